The highest BCUT2D eigenvalue weighted by Crippen LogP contribution is 2.32. The number of hydrogen-bond donors (Lipinski definition) is 1. The predicted molar refractivity (Wildman–Crippen MR) is 140 cm³/mol. The van der Waals surface area contributed by atoms with Gasteiger partial charge in [-0.05, 0) is 58.5 Å². The lowest BCUT2D eigenvalue weighted by atomic mass is 9.87. The molecule has 0 unspecified atom stereocenters. The molecule has 0 amide bonds. The third-order valence-corrected chi connectivity index (χ3v) is 6.61. The van der Waals surface area contributed by atoms with Crippen LogP contribution in [0.1, 0.15) is 26.3 Å². The average Bonchev–Trinajstić information content (AvgIpc) is 3.34. The molecule has 0 radical (unpaired) electrons. The van der Waals surface area contributed by atoms with Crippen LogP contribution in [0.4, 0.5) is 6.01 Å². The molecule has 35 heavy (non-hydrogen) atoms. The van der Waals surface area contributed by atoms with E-state index in [0.29, 0.717) is 11.1 Å². The van der Waals surface area contributed by atoms with Crippen LogP contribution in [0.15, 0.2) is 76.1 Å². The van der Waals surface area contributed by atoms with E-state index in [9.17, 15) is 4.79 Å². The Morgan fingerprint density at radius 2 is 1.63 bits per heavy atom. The minimum Gasteiger partial charge on any atom is -0.424 e. The van der Waals surface area contributed by atoms with Gasteiger partial charge in [0.15, 0.2) is 5.58 Å². The smallest absolute Gasteiger partial charge is 0.333 e. The van der Waals surface area contributed by atoms with Gasteiger partial charge in [-0.2, -0.15) is 4.98 Å². The summed E-state index contributed by atoms with van der Waals surface area (Å²) in [5, 5.41) is 0.900. The van der Waals surface area contributed by atoms with Gasteiger partial charge >= 0.3 is 5.69 Å². The molecule has 3 aromatic heterocycles. The minimum absolute atomic E-state index is 0.0311. The second kappa shape index (κ2) is 7.30. The van der Waals surface area contributed by atoms with E-state index in [2.05, 4.69) is 48.9 Å². The van der Waals surface area contributed by atoms with Gasteiger partial charge in [0.1, 0.15) is 5.52 Å². The summed E-state index contributed by atoms with van der Waals surface area (Å²) in [5.41, 5.74) is 13.4. The normalized spacial score (nSPS) is 12.2. The highest BCUT2D eigenvalue weighted by atomic mass is 16.4. The standard InChI is InChI=1S/C28H25N5O2/c1-28(2,3)18-7-9-19(10-8-18)33-25-20-13-16(17-6-12-24-22(14-17)31-26(29)35-24)5-11-21(20)30-15-23(25)32(4)27(33)34/h5-15H,1-4H3,(H2,29,31). The number of rotatable bonds is 2. The number of nitrogens with zero attached hydrogens (tertiary/aromatic N) is 4. The molecule has 6 aromatic rings. The summed E-state index contributed by atoms with van der Waals surface area (Å²) < 4.78 is 8.84. The van der Waals surface area contributed by atoms with Crippen LogP contribution in [0.25, 0.3) is 49.9 Å². The Bertz CT molecular complexity index is 1820. The molecule has 174 valence electrons. The van der Waals surface area contributed by atoms with E-state index in [1.54, 1.807) is 22.4 Å². The summed E-state index contributed by atoms with van der Waals surface area (Å²) >= 11 is 0. The van der Waals surface area contributed by atoms with Crippen LogP contribution in [0, 0.1) is 0 Å². The molecular weight excluding hydrogens is 438 g/mol. The minimum atomic E-state index is -0.109. The molecule has 0 aliphatic rings. The van der Waals surface area contributed by atoms with Crippen LogP contribution >= 0.6 is 0 Å². The van der Waals surface area contributed by atoms with E-state index in [4.69, 9.17) is 10.2 Å². The number of oxazole rings is 1. The SMILES string of the molecule is Cn1c(=O)n(-c2ccc(C(C)(C)C)cc2)c2c3cc(-c4ccc5oc(N)nc5c4)ccc3ncc21. The topological polar surface area (TPSA) is 91.9 Å². The fourth-order valence-corrected chi connectivity index (χ4v) is 4.65. The van der Waals surface area contributed by atoms with Gasteiger partial charge in [-0.25, -0.2) is 4.79 Å². The number of imidazole rings is 1. The van der Waals surface area contributed by atoms with E-state index in [-0.39, 0.29) is 17.1 Å². The maximum atomic E-state index is 13.4. The average molecular weight is 464 g/mol. The Morgan fingerprint density at radius 1 is 0.914 bits per heavy atom. The summed E-state index contributed by atoms with van der Waals surface area (Å²) in [5.74, 6) is 0. The van der Waals surface area contributed by atoms with Crippen LogP contribution < -0.4 is 11.4 Å². The molecule has 3 heterocycles. The molecule has 0 bridgehead atoms. The van der Waals surface area contributed by atoms with Crippen molar-refractivity contribution >= 4 is 39.1 Å². The van der Waals surface area contributed by atoms with Gasteiger partial charge in [0.2, 0.25) is 0 Å². The number of benzene rings is 3. The third-order valence-electron chi connectivity index (χ3n) is 6.61. The molecule has 7 nitrogen and oxygen atoms in total. The number of pyridine rings is 1. The molecular formula is C28H25N5O2. The molecule has 0 atom stereocenters. The molecule has 0 saturated heterocycles. The summed E-state index contributed by atoms with van der Waals surface area (Å²) in [6, 6.07) is 20.2. The second-order valence-corrected chi connectivity index (χ2v) is 9.93. The first-order valence-electron chi connectivity index (χ1n) is 11.5. The lowest BCUT2D eigenvalue weighted by Gasteiger charge is -2.19. The van der Waals surface area contributed by atoms with E-state index in [1.165, 1.54) is 5.56 Å². The van der Waals surface area contributed by atoms with Crippen LogP contribution in [-0.4, -0.2) is 19.1 Å². The van der Waals surface area contributed by atoms with E-state index < -0.39 is 0 Å². The number of anilines is 1. The van der Waals surface area contributed by atoms with Crippen molar-refractivity contribution in [3.8, 4) is 16.8 Å². The summed E-state index contributed by atoms with van der Waals surface area (Å²) in [4.78, 5) is 22.3. The number of nitrogens with two attached hydrogens (primary N) is 1. The van der Waals surface area contributed by atoms with Crippen molar-refractivity contribution in [2.45, 2.75) is 26.2 Å². The molecule has 0 saturated carbocycles. The summed E-state index contributed by atoms with van der Waals surface area (Å²) in [7, 11) is 1.78. The molecule has 7 heteroatoms. The predicted octanol–water partition coefficient (Wildman–Crippen LogP) is 5.57. The van der Waals surface area contributed by atoms with E-state index >= 15 is 0 Å². The van der Waals surface area contributed by atoms with Gasteiger partial charge in [0.05, 0.1) is 28.4 Å². The van der Waals surface area contributed by atoms with E-state index in [0.717, 1.165) is 38.8 Å². The molecule has 2 N–H and O–H groups in total. The molecule has 0 fully saturated rings. The number of fused-ring (bicyclic) bond motifs is 4. The fourth-order valence-electron chi connectivity index (χ4n) is 4.65. The zero-order chi connectivity index (χ0) is 24.5. The van der Waals surface area contributed by atoms with Gasteiger partial charge in [-0.3, -0.25) is 14.1 Å². The van der Waals surface area contributed by atoms with Crippen molar-refractivity contribution in [1.82, 2.24) is 19.1 Å². The second-order valence-electron chi connectivity index (χ2n) is 9.93. The first-order valence-corrected chi connectivity index (χ1v) is 11.5. The number of aryl methyl sites for hydroxylation is 1. The van der Waals surface area contributed by atoms with Crippen LogP contribution in [0.5, 0.6) is 0 Å². The molecule has 0 spiro atoms. The van der Waals surface area contributed by atoms with Crippen LogP contribution in [0.2, 0.25) is 0 Å². The van der Waals surface area contributed by atoms with Gasteiger partial charge < -0.3 is 10.2 Å². The van der Waals surface area contributed by atoms with Gasteiger partial charge in [-0.1, -0.05) is 45.0 Å². The Morgan fingerprint density at radius 3 is 2.37 bits per heavy atom. The van der Waals surface area contributed by atoms with Gasteiger partial charge in [-0.15, -0.1) is 0 Å². The Balaban J connectivity index is 1.60. The van der Waals surface area contributed by atoms with Crippen molar-refractivity contribution in [3.63, 3.8) is 0 Å². The molecule has 0 aliphatic heterocycles. The quantitative estimate of drug-likeness (QED) is 0.363. The first kappa shape index (κ1) is 21.2. The van der Waals surface area contributed by atoms with Crippen molar-refractivity contribution in [2.75, 3.05) is 5.73 Å². The van der Waals surface area contributed by atoms with Crippen molar-refractivity contribution in [1.29, 1.82) is 0 Å². The monoisotopic (exact) mass is 463 g/mol. The summed E-state index contributed by atoms with van der Waals surface area (Å²) in [6.45, 7) is 6.53. The molecule has 6 rings (SSSR count). The Labute approximate surface area is 201 Å². The molecule has 0 aliphatic carbocycles. The zero-order valence-electron chi connectivity index (χ0n) is 20.0. The van der Waals surface area contributed by atoms with E-state index in [1.807, 2.05) is 42.5 Å². The lowest BCUT2D eigenvalue weighted by molar-refractivity contribution is 0.590. The van der Waals surface area contributed by atoms with Crippen LogP contribution in [-0.2, 0) is 12.5 Å². The van der Waals surface area contributed by atoms with Crippen molar-refractivity contribution in [3.05, 3.63) is 82.9 Å². The summed E-state index contributed by atoms with van der Waals surface area (Å²) in [6.07, 6.45) is 1.77. The Hall–Kier alpha value is -4.39. The lowest BCUT2D eigenvalue weighted by Crippen LogP contribution is -2.21. The third kappa shape index (κ3) is 3.31. The largest absolute Gasteiger partial charge is 0.424 e. The maximum Gasteiger partial charge on any atom is 0.333 e. The number of aromatic nitrogens is 4. The highest BCUT2D eigenvalue weighted by Gasteiger charge is 2.18. The first-order chi connectivity index (χ1) is 16.7. The molecule has 3 aromatic carbocycles. The van der Waals surface area contributed by atoms with Crippen molar-refractivity contribution in [2.24, 2.45) is 7.05 Å². The Kier molecular flexibility index (Phi) is 4.42. The number of nitrogen functional groups attached to an aromatic ring is 1. The maximum absolute atomic E-state index is 13.4. The van der Waals surface area contributed by atoms with Gasteiger partial charge in [0.25, 0.3) is 6.01 Å². The fraction of sp³-hybridized carbons (Fsp3) is 0.179. The number of hydrogen-bond acceptors (Lipinski definition) is 5. The van der Waals surface area contributed by atoms with Crippen molar-refractivity contribution < 1.29 is 4.42 Å². The highest BCUT2D eigenvalue weighted by molar-refractivity contribution is 6.04. The van der Waals surface area contributed by atoms with Gasteiger partial charge in [0, 0.05) is 12.4 Å². The van der Waals surface area contributed by atoms with Crippen LogP contribution in [0.3, 0.4) is 0 Å². The zero-order valence-corrected chi connectivity index (χ0v) is 20.0.